The number of hydrogen-bond donors (Lipinski definition) is 0. The maximum atomic E-state index is 13.0. The van der Waals surface area contributed by atoms with E-state index in [0.29, 0.717) is 6.54 Å². The molecule has 0 aliphatic carbocycles. The molecule has 0 saturated heterocycles. The van der Waals surface area contributed by atoms with Gasteiger partial charge in [0.25, 0.3) is 0 Å². The Morgan fingerprint density at radius 3 is 2.30 bits per heavy atom. The summed E-state index contributed by atoms with van der Waals surface area (Å²) in [5, 5.41) is 0. The molecule has 1 aromatic carbocycles. The maximum absolute atomic E-state index is 13.0. The second-order valence-corrected chi connectivity index (χ2v) is 4.35. The minimum Gasteiger partial charge on any atom is -0.497 e. The topological polar surface area (TPSA) is 21.7 Å². The maximum Gasteiger partial charge on any atom is 0.513 e. The normalized spacial score (nSPS) is 11.8. The van der Waals surface area contributed by atoms with Gasteiger partial charge in [0.05, 0.1) is 12.9 Å². The number of rotatable bonds is 8. The van der Waals surface area contributed by atoms with E-state index in [2.05, 4.69) is 4.90 Å². The van der Waals surface area contributed by atoms with Crippen LogP contribution >= 0.6 is 0 Å². The zero-order chi connectivity index (χ0) is 15.2. The molecule has 0 unspecified atom stereocenters. The van der Waals surface area contributed by atoms with E-state index in [4.69, 9.17) is 9.47 Å². The molecule has 0 aliphatic rings. The fourth-order valence-electron chi connectivity index (χ4n) is 1.87. The standard InChI is InChI=1S/C13H20BF3NO2/c1-4-18(5-2)8-9-20-13-7-6-11(19-3)10-12(13)14(15,16)17/h6-7,10H,4-5,8-9H2,1-3H3/q-1. The van der Waals surface area contributed by atoms with Crippen molar-refractivity contribution in [1.82, 2.24) is 4.90 Å². The van der Waals surface area contributed by atoms with Crippen LogP contribution in [0.2, 0.25) is 0 Å². The van der Waals surface area contributed by atoms with Gasteiger partial charge in [0.15, 0.2) is 0 Å². The highest BCUT2D eigenvalue weighted by Crippen LogP contribution is 2.22. The first-order valence-corrected chi connectivity index (χ1v) is 6.65. The third-order valence-electron chi connectivity index (χ3n) is 3.13. The molecule has 0 aliphatic heterocycles. The van der Waals surface area contributed by atoms with Crippen molar-refractivity contribution in [3.63, 3.8) is 0 Å². The Bertz CT molecular complexity index is 423. The van der Waals surface area contributed by atoms with Crippen molar-refractivity contribution in [2.45, 2.75) is 13.8 Å². The van der Waals surface area contributed by atoms with Crippen molar-refractivity contribution >= 4 is 12.4 Å². The number of halogens is 3. The van der Waals surface area contributed by atoms with Gasteiger partial charge in [-0.05, 0) is 31.3 Å². The number of ether oxygens (including phenoxy) is 2. The summed E-state index contributed by atoms with van der Waals surface area (Å²) in [6.45, 7) is 1.40. The Kier molecular flexibility index (Phi) is 6.20. The monoisotopic (exact) mass is 290 g/mol. The van der Waals surface area contributed by atoms with Gasteiger partial charge in [0, 0.05) is 6.54 Å². The lowest BCUT2D eigenvalue weighted by Crippen LogP contribution is -2.36. The molecular formula is C13H20BF3NO2-. The summed E-state index contributed by atoms with van der Waals surface area (Å²) in [4.78, 5) is 2.09. The van der Waals surface area contributed by atoms with Crippen molar-refractivity contribution in [2.24, 2.45) is 0 Å². The Morgan fingerprint density at radius 1 is 1.15 bits per heavy atom. The summed E-state index contributed by atoms with van der Waals surface area (Å²) in [5.74, 6) is 0.0424. The lowest BCUT2D eigenvalue weighted by Gasteiger charge is -2.22. The van der Waals surface area contributed by atoms with Gasteiger partial charge in [-0.2, -0.15) is 0 Å². The lowest BCUT2D eigenvalue weighted by atomic mass is 9.79. The van der Waals surface area contributed by atoms with E-state index in [-0.39, 0.29) is 18.1 Å². The predicted molar refractivity (Wildman–Crippen MR) is 75.0 cm³/mol. The van der Waals surface area contributed by atoms with Gasteiger partial charge in [-0.3, -0.25) is 0 Å². The van der Waals surface area contributed by atoms with Gasteiger partial charge in [0.2, 0.25) is 0 Å². The molecule has 0 saturated carbocycles. The zero-order valence-corrected chi connectivity index (χ0v) is 12.0. The molecule has 0 bridgehead atoms. The Hall–Kier alpha value is -1.37. The molecule has 0 aromatic heterocycles. The summed E-state index contributed by atoms with van der Waals surface area (Å²) >= 11 is 0. The lowest BCUT2D eigenvalue weighted by molar-refractivity contribution is 0.223. The minimum absolute atomic E-state index is 0.134. The largest absolute Gasteiger partial charge is 0.513 e. The third-order valence-corrected chi connectivity index (χ3v) is 3.13. The highest BCUT2D eigenvalue weighted by atomic mass is 19.4. The van der Waals surface area contributed by atoms with Crippen LogP contribution in [0.15, 0.2) is 18.2 Å². The van der Waals surface area contributed by atoms with Gasteiger partial charge in [-0.25, -0.2) is 0 Å². The Balaban J connectivity index is 2.79. The van der Waals surface area contributed by atoms with Gasteiger partial charge < -0.3 is 27.3 Å². The molecule has 0 N–H and O–H groups in total. The number of methoxy groups -OCH3 is 1. The molecule has 114 valence electrons. The van der Waals surface area contributed by atoms with Crippen molar-refractivity contribution in [3.8, 4) is 11.5 Å². The Labute approximate surface area is 117 Å². The molecule has 0 atom stereocenters. The summed E-state index contributed by atoms with van der Waals surface area (Å²) < 4.78 is 49.1. The van der Waals surface area contributed by atoms with Crippen molar-refractivity contribution in [1.29, 1.82) is 0 Å². The van der Waals surface area contributed by atoms with Gasteiger partial charge in [-0.15, -0.1) is 0 Å². The smallest absolute Gasteiger partial charge is 0.497 e. The summed E-state index contributed by atoms with van der Waals surface area (Å²) in [6.07, 6.45) is 0. The first kappa shape index (κ1) is 16.7. The van der Waals surface area contributed by atoms with Crippen LogP contribution in [0.3, 0.4) is 0 Å². The van der Waals surface area contributed by atoms with Crippen LogP contribution in [-0.4, -0.2) is 45.2 Å². The van der Waals surface area contributed by atoms with Crippen LogP contribution in [0, 0.1) is 0 Å². The number of benzene rings is 1. The van der Waals surface area contributed by atoms with Crippen LogP contribution in [0.5, 0.6) is 11.5 Å². The van der Waals surface area contributed by atoms with Gasteiger partial charge in [-0.1, -0.05) is 19.3 Å². The number of hydrogen-bond acceptors (Lipinski definition) is 3. The van der Waals surface area contributed by atoms with Crippen molar-refractivity contribution in [3.05, 3.63) is 18.2 Å². The van der Waals surface area contributed by atoms with E-state index in [0.717, 1.165) is 19.2 Å². The van der Waals surface area contributed by atoms with Crippen molar-refractivity contribution in [2.75, 3.05) is 33.4 Å². The Morgan fingerprint density at radius 2 is 1.80 bits per heavy atom. The summed E-state index contributed by atoms with van der Waals surface area (Å²) in [7, 11) is 1.34. The molecule has 7 heteroatoms. The molecular weight excluding hydrogens is 270 g/mol. The molecule has 20 heavy (non-hydrogen) atoms. The molecule has 1 aromatic rings. The molecule has 0 fully saturated rings. The average molecular weight is 290 g/mol. The van der Waals surface area contributed by atoms with Gasteiger partial charge in [0.1, 0.15) is 12.4 Å². The zero-order valence-electron chi connectivity index (χ0n) is 12.0. The minimum atomic E-state index is -5.12. The van der Waals surface area contributed by atoms with Crippen LogP contribution < -0.4 is 14.9 Å². The second-order valence-electron chi connectivity index (χ2n) is 4.35. The van der Waals surface area contributed by atoms with E-state index in [1.54, 1.807) is 0 Å². The average Bonchev–Trinajstić information content (AvgIpc) is 2.42. The molecule has 0 amide bonds. The van der Waals surface area contributed by atoms with E-state index in [1.165, 1.54) is 19.2 Å². The molecule has 0 spiro atoms. The van der Waals surface area contributed by atoms with Crippen LogP contribution in [-0.2, 0) is 0 Å². The van der Waals surface area contributed by atoms with E-state index in [1.807, 2.05) is 13.8 Å². The van der Waals surface area contributed by atoms with Crippen LogP contribution in [0.4, 0.5) is 12.9 Å². The quantitative estimate of drug-likeness (QED) is 0.687. The number of nitrogens with zero attached hydrogens (tertiary/aromatic N) is 1. The molecule has 0 heterocycles. The third kappa shape index (κ3) is 4.63. The highest BCUT2D eigenvalue weighted by Gasteiger charge is 2.29. The van der Waals surface area contributed by atoms with Crippen molar-refractivity contribution < 1.29 is 22.4 Å². The van der Waals surface area contributed by atoms with E-state index < -0.39 is 12.4 Å². The highest BCUT2D eigenvalue weighted by molar-refractivity contribution is 6.74. The molecule has 1 rings (SSSR count). The van der Waals surface area contributed by atoms with Crippen LogP contribution in [0.25, 0.3) is 0 Å². The first-order chi connectivity index (χ1) is 9.42. The van der Waals surface area contributed by atoms with E-state index >= 15 is 0 Å². The molecule has 0 radical (unpaired) electrons. The second kappa shape index (κ2) is 7.43. The first-order valence-electron chi connectivity index (χ1n) is 6.65. The summed E-state index contributed by atoms with van der Waals surface area (Å²) in [6, 6.07) is 3.76. The summed E-state index contributed by atoms with van der Waals surface area (Å²) in [5.41, 5.74) is -0.746. The number of likely N-dealkylation sites (N-methyl/N-ethyl adjacent to an activating group) is 1. The SMILES string of the molecule is CCN(CC)CCOc1ccc(OC)cc1[B-](F)(F)F. The van der Waals surface area contributed by atoms with Crippen LogP contribution in [0.1, 0.15) is 13.8 Å². The fraction of sp³-hybridized carbons (Fsp3) is 0.538. The fourth-order valence-corrected chi connectivity index (χ4v) is 1.87. The van der Waals surface area contributed by atoms with Gasteiger partial charge >= 0.3 is 6.98 Å². The molecule has 3 nitrogen and oxygen atoms in total. The predicted octanol–water partition coefficient (Wildman–Crippen LogP) is 2.47. The van der Waals surface area contributed by atoms with E-state index in [9.17, 15) is 12.9 Å².